The molecule has 2 aromatic carbocycles. The number of morpholine rings is 1. The Hall–Kier alpha value is -3.72. The van der Waals surface area contributed by atoms with E-state index in [0.717, 1.165) is 11.3 Å². The van der Waals surface area contributed by atoms with E-state index in [0.29, 0.717) is 62.4 Å². The van der Waals surface area contributed by atoms with Crippen molar-refractivity contribution in [1.82, 2.24) is 14.7 Å². The first kappa shape index (κ1) is 24.0. The maximum absolute atomic E-state index is 15.1. The van der Waals surface area contributed by atoms with Gasteiger partial charge >= 0.3 is 0 Å². The Morgan fingerprint density at radius 3 is 2.58 bits per heavy atom. The number of fused-ring (bicyclic) bond motifs is 1. The number of pyridine rings is 1. The van der Waals surface area contributed by atoms with Crippen molar-refractivity contribution in [2.24, 2.45) is 5.92 Å². The van der Waals surface area contributed by atoms with Gasteiger partial charge in [-0.25, -0.2) is 4.39 Å². The summed E-state index contributed by atoms with van der Waals surface area (Å²) in [6.07, 6.45) is 1.70. The van der Waals surface area contributed by atoms with Gasteiger partial charge in [0.25, 0.3) is 5.89 Å². The molecule has 0 radical (unpaired) electrons. The summed E-state index contributed by atoms with van der Waals surface area (Å²) in [6, 6.07) is 10.4. The molecule has 1 aliphatic rings. The minimum absolute atomic E-state index is 0.0944. The van der Waals surface area contributed by atoms with Crippen molar-refractivity contribution in [3.05, 3.63) is 58.6 Å². The molecule has 0 N–H and O–H groups in total. The quantitative estimate of drug-likeness (QED) is 0.368. The molecule has 0 aliphatic carbocycles. The lowest BCUT2D eigenvalue weighted by Crippen LogP contribution is -2.36. The van der Waals surface area contributed by atoms with Crippen molar-refractivity contribution in [2.75, 3.05) is 37.8 Å². The number of aryl methyl sites for hydroxylation is 1. The molecule has 5 rings (SSSR count). The van der Waals surface area contributed by atoms with E-state index >= 15 is 4.39 Å². The number of ether oxygens (including phenoxy) is 2. The Bertz CT molecular complexity index is 1420. The fraction of sp³-hybridized carbons (Fsp3) is 0.370. The van der Waals surface area contributed by atoms with Crippen LogP contribution in [-0.4, -0.2) is 47.6 Å². The Morgan fingerprint density at radius 1 is 1.14 bits per heavy atom. The van der Waals surface area contributed by atoms with Crippen LogP contribution in [-0.2, 0) is 11.3 Å². The summed E-state index contributed by atoms with van der Waals surface area (Å²) >= 11 is 0. The summed E-state index contributed by atoms with van der Waals surface area (Å²) in [6.45, 7) is 9.65. The summed E-state index contributed by atoms with van der Waals surface area (Å²) < 4.78 is 33.6. The van der Waals surface area contributed by atoms with Gasteiger partial charge in [0.05, 0.1) is 31.0 Å². The van der Waals surface area contributed by atoms with E-state index in [1.807, 2.05) is 40.7 Å². The average Bonchev–Trinajstić information content (AvgIpc) is 3.38. The zero-order valence-electron chi connectivity index (χ0n) is 20.7. The predicted molar refractivity (Wildman–Crippen MR) is 136 cm³/mol. The molecular formula is C27H29FN4O4. The van der Waals surface area contributed by atoms with E-state index in [2.05, 4.69) is 24.0 Å². The number of aromatic nitrogens is 3. The summed E-state index contributed by atoms with van der Waals surface area (Å²) in [7, 11) is 0. The normalized spacial score (nSPS) is 14.1. The third-order valence-corrected chi connectivity index (χ3v) is 6.19. The van der Waals surface area contributed by atoms with Crippen LogP contribution in [0, 0.1) is 11.7 Å². The highest BCUT2D eigenvalue weighted by Crippen LogP contribution is 2.28. The highest BCUT2D eigenvalue weighted by atomic mass is 19.1. The van der Waals surface area contributed by atoms with E-state index in [1.54, 1.807) is 12.3 Å². The SMILES string of the molecule is CCn1cc(-c2nc(-c3ccc(OCC(C)C)cc3)no2)c(=O)c2cc(F)c(N3CCOCC3)cc21. The van der Waals surface area contributed by atoms with Crippen molar-refractivity contribution in [1.29, 1.82) is 0 Å². The van der Waals surface area contributed by atoms with E-state index in [4.69, 9.17) is 14.0 Å². The Balaban J connectivity index is 1.49. The van der Waals surface area contributed by atoms with Crippen LogP contribution in [0.4, 0.5) is 10.1 Å². The fourth-order valence-corrected chi connectivity index (χ4v) is 4.27. The Kier molecular flexibility index (Phi) is 6.73. The Morgan fingerprint density at radius 2 is 1.89 bits per heavy atom. The molecule has 1 fully saturated rings. The van der Waals surface area contributed by atoms with Gasteiger partial charge in [0.2, 0.25) is 11.3 Å². The number of hydrogen-bond donors (Lipinski definition) is 0. The minimum Gasteiger partial charge on any atom is -0.493 e. The molecule has 1 aliphatic heterocycles. The fourth-order valence-electron chi connectivity index (χ4n) is 4.27. The highest BCUT2D eigenvalue weighted by molar-refractivity contribution is 5.86. The average molecular weight is 493 g/mol. The van der Waals surface area contributed by atoms with E-state index in [-0.39, 0.29) is 22.3 Å². The molecule has 2 aromatic heterocycles. The van der Waals surface area contributed by atoms with Crippen LogP contribution in [0.15, 0.2) is 51.9 Å². The first-order chi connectivity index (χ1) is 17.4. The van der Waals surface area contributed by atoms with Crippen molar-refractivity contribution >= 4 is 16.6 Å². The van der Waals surface area contributed by atoms with Gasteiger partial charge in [-0.2, -0.15) is 4.98 Å². The lowest BCUT2D eigenvalue weighted by atomic mass is 10.1. The van der Waals surface area contributed by atoms with Crippen LogP contribution >= 0.6 is 0 Å². The predicted octanol–water partition coefficient (Wildman–Crippen LogP) is 4.75. The molecule has 0 bridgehead atoms. The third-order valence-electron chi connectivity index (χ3n) is 6.19. The molecule has 8 nitrogen and oxygen atoms in total. The molecule has 3 heterocycles. The van der Waals surface area contributed by atoms with E-state index in [1.165, 1.54) is 6.07 Å². The lowest BCUT2D eigenvalue weighted by molar-refractivity contribution is 0.122. The van der Waals surface area contributed by atoms with Gasteiger partial charge in [0, 0.05) is 36.8 Å². The maximum atomic E-state index is 15.1. The monoisotopic (exact) mass is 492 g/mol. The molecule has 36 heavy (non-hydrogen) atoms. The summed E-state index contributed by atoms with van der Waals surface area (Å²) in [5.41, 5.74) is 1.75. The molecule has 188 valence electrons. The number of nitrogens with zero attached hydrogens (tertiary/aromatic N) is 4. The second kappa shape index (κ2) is 10.1. The number of anilines is 1. The van der Waals surface area contributed by atoms with Gasteiger partial charge in [-0.15, -0.1) is 0 Å². The summed E-state index contributed by atoms with van der Waals surface area (Å²) in [5, 5.41) is 4.34. The Labute approximate surface area is 208 Å². The first-order valence-electron chi connectivity index (χ1n) is 12.2. The molecule has 0 spiro atoms. The van der Waals surface area contributed by atoms with Crippen LogP contribution in [0.3, 0.4) is 0 Å². The first-order valence-corrected chi connectivity index (χ1v) is 12.2. The van der Waals surface area contributed by atoms with Gasteiger partial charge in [-0.3, -0.25) is 4.79 Å². The van der Waals surface area contributed by atoms with Gasteiger partial charge in [0.15, 0.2) is 0 Å². The van der Waals surface area contributed by atoms with Crippen LogP contribution < -0.4 is 15.1 Å². The van der Waals surface area contributed by atoms with E-state index < -0.39 is 5.82 Å². The molecule has 0 saturated carbocycles. The summed E-state index contributed by atoms with van der Waals surface area (Å²) in [5.74, 6) is 1.20. The van der Waals surface area contributed by atoms with Crippen LogP contribution in [0.2, 0.25) is 0 Å². The van der Waals surface area contributed by atoms with Crippen molar-refractivity contribution in [3.8, 4) is 28.6 Å². The molecule has 0 unspecified atom stereocenters. The van der Waals surface area contributed by atoms with Crippen LogP contribution in [0.25, 0.3) is 33.7 Å². The molecule has 1 saturated heterocycles. The van der Waals surface area contributed by atoms with Crippen molar-refractivity contribution < 1.29 is 18.4 Å². The number of rotatable bonds is 7. The van der Waals surface area contributed by atoms with Gasteiger partial charge in [-0.05, 0) is 49.2 Å². The van der Waals surface area contributed by atoms with Crippen molar-refractivity contribution in [2.45, 2.75) is 27.3 Å². The largest absolute Gasteiger partial charge is 0.493 e. The van der Waals surface area contributed by atoms with E-state index in [9.17, 15) is 4.79 Å². The van der Waals surface area contributed by atoms with Gasteiger partial charge in [-0.1, -0.05) is 19.0 Å². The molecule has 9 heteroatoms. The zero-order valence-corrected chi connectivity index (χ0v) is 20.7. The zero-order chi connectivity index (χ0) is 25.2. The van der Waals surface area contributed by atoms with Gasteiger partial charge < -0.3 is 23.5 Å². The number of hydrogen-bond acceptors (Lipinski definition) is 7. The number of halogens is 1. The molecule has 0 atom stereocenters. The summed E-state index contributed by atoms with van der Waals surface area (Å²) in [4.78, 5) is 19.8. The second-order valence-corrected chi connectivity index (χ2v) is 9.23. The second-order valence-electron chi connectivity index (χ2n) is 9.23. The van der Waals surface area contributed by atoms with Crippen LogP contribution in [0.5, 0.6) is 5.75 Å². The van der Waals surface area contributed by atoms with Gasteiger partial charge in [0.1, 0.15) is 17.1 Å². The lowest BCUT2D eigenvalue weighted by Gasteiger charge is -2.29. The highest BCUT2D eigenvalue weighted by Gasteiger charge is 2.21. The molecule has 0 amide bonds. The smallest absolute Gasteiger partial charge is 0.263 e. The van der Waals surface area contributed by atoms with Crippen LogP contribution in [0.1, 0.15) is 20.8 Å². The maximum Gasteiger partial charge on any atom is 0.263 e. The number of benzene rings is 2. The standard InChI is InChI=1S/C27H29FN4O4/c1-4-31-15-21(25(33)20-13-22(28)24(14-23(20)31)32-9-11-34-12-10-32)27-29-26(30-36-27)18-5-7-19(8-6-18)35-16-17(2)3/h5-8,13-15,17H,4,9-12,16H2,1-3H3. The third kappa shape index (κ3) is 4.70. The minimum atomic E-state index is -0.438. The van der Waals surface area contributed by atoms with Crippen molar-refractivity contribution in [3.63, 3.8) is 0 Å². The molecular weight excluding hydrogens is 463 g/mol. The topological polar surface area (TPSA) is 82.6 Å². The molecule has 4 aromatic rings.